The average molecular weight is 317 g/mol. The lowest BCUT2D eigenvalue weighted by Gasteiger charge is -2.43. The number of benzene rings is 1. The van der Waals surface area contributed by atoms with Crippen molar-refractivity contribution < 1.29 is 8.42 Å². The predicted octanol–water partition coefficient (Wildman–Crippen LogP) is 2.25. The Bertz CT molecular complexity index is 539. The van der Waals surface area contributed by atoms with Gasteiger partial charge in [0, 0.05) is 17.1 Å². The maximum atomic E-state index is 11.0. The number of hydrogen-bond acceptors (Lipinski definition) is 3. The molecule has 112 valence electrons. The molecular formula is C14H21ClN2O2S. The first-order valence-corrected chi connectivity index (χ1v) is 9.14. The second kappa shape index (κ2) is 6.43. The van der Waals surface area contributed by atoms with E-state index in [1.54, 1.807) is 0 Å². The first-order valence-electron chi connectivity index (χ1n) is 6.87. The normalized spacial score (nSPS) is 17.7. The third kappa shape index (κ3) is 4.19. The number of hydrogen-bond donors (Lipinski definition) is 2. The van der Waals surface area contributed by atoms with Crippen LogP contribution >= 0.6 is 11.6 Å². The maximum absolute atomic E-state index is 11.0. The molecule has 2 rings (SSSR count). The molecule has 0 saturated heterocycles. The summed E-state index contributed by atoms with van der Waals surface area (Å²) >= 11 is 5.93. The molecule has 6 heteroatoms. The van der Waals surface area contributed by atoms with E-state index in [1.165, 1.54) is 18.2 Å². The average Bonchev–Trinajstić information content (AvgIpc) is 2.32. The molecular weight excluding hydrogens is 296 g/mol. The van der Waals surface area contributed by atoms with Crippen molar-refractivity contribution in [2.45, 2.75) is 31.2 Å². The van der Waals surface area contributed by atoms with Crippen LogP contribution in [0.5, 0.6) is 0 Å². The van der Waals surface area contributed by atoms with Gasteiger partial charge in [-0.1, -0.05) is 23.7 Å². The summed E-state index contributed by atoms with van der Waals surface area (Å²) in [5.74, 6) is 0. The number of sulfonamides is 1. The van der Waals surface area contributed by atoms with Crippen molar-refractivity contribution in [3.63, 3.8) is 0 Å². The Hall–Kier alpha value is -0.620. The minimum absolute atomic E-state index is 0.0513. The van der Waals surface area contributed by atoms with Gasteiger partial charge >= 0.3 is 0 Å². The van der Waals surface area contributed by atoms with Gasteiger partial charge in [0.1, 0.15) is 0 Å². The fourth-order valence-electron chi connectivity index (χ4n) is 2.54. The van der Waals surface area contributed by atoms with Crippen LogP contribution in [0.15, 0.2) is 24.3 Å². The minimum atomic E-state index is -3.08. The first kappa shape index (κ1) is 15.8. The van der Waals surface area contributed by atoms with Crippen molar-refractivity contribution in [1.29, 1.82) is 0 Å². The van der Waals surface area contributed by atoms with Crippen LogP contribution in [0.2, 0.25) is 5.02 Å². The molecule has 1 saturated carbocycles. The van der Waals surface area contributed by atoms with Gasteiger partial charge in [-0.2, -0.15) is 0 Å². The van der Waals surface area contributed by atoms with Crippen LogP contribution < -0.4 is 10.0 Å². The van der Waals surface area contributed by atoms with E-state index in [-0.39, 0.29) is 5.54 Å². The molecule has 0 radical (unpaired) electrons. The van der Waals surface area contributed by atoms with Crippen molar-refractivity contribution in [3.05, 3.63) is 34.9 Å². The van der Waals surface area contributed by atoms with Crippen LogP contribution in [-0.4, -0.2) is 27.8 Å². The third-order valence-electron chi connectivity index (χ3n) is 3.79. The van der Waals surface area contributed by atoms with Gasteiger partial charge in [0.25, 0.3) is 0 Å². The van der Waals surface area contributed by atoms with Gasteiger partial charge in [0.2, 0.25) is 10.0 Å². The van der Waals surface area contributed by atoms with Crippen LogP contribution in [0, 0.1) is 0 Å². The molecule has 0 amide bonds. The van der Waals surface area contributed by atoms with E-state index in [0.717, 1.165) is 30.8 Å². The summed E-state index contributed by atoms with van der Waals surface area (Å²) in [5, 5.41) is 4.33. The summed E-state index contributed by atoms with van der Waals surface area (Å²) in [6.07, 6.45) is 5.42. The fraction of sp³-hybridized carbons (Fsp3) is 0.571. The van der Waals surface area contributed by atoms with E-state index in [9.17, 15) is 8.42 Å². The molecule has 0 aliphatic heterocycles. The highest BCUT2D eigenvalue weighted by Crippen LogP contribution is 2.41. The second-order valence-electron chi connectivity index (χ2n) is 5.39. The van der Waals surface area contributed by atoms with Gasteiger partial charge in [-0.05, 0) is 49.9 Å². The van der Waals surface area contributed by atoms with Crippen molar-refractivity contribution in [2.24, 2.45) is 0 Å². The summed E-state index contributed by atoms with van der Waals surface area (Å²) in [6, 6.07) is 7.99. The van der Waals surface area contributed by atoms with Gasteiger partial charge in [-0.3, -0.25) is 0 Å². The smallest absolute Gasteiger partial charge is 0.208 e. The lowest BCUT2D eigenvalue weighted by atomic mass is 9.72. The lowest BCUT2D eigenvalue weighted by Crippen LogP contribution is -2.48. The standard InChI is InChI=1S/C14H21ClN2O2S/c1-20(18,19)17-11-3-10-16-14(8-2-9-14)12-4-6-13(15)7-5-12/h4-7,16-17H,2-3,8-11H2,1H3. The summed E-state index contributed by atoms with van der Waals surface area (Å²) < 4.78 is 24.4. The Morgan fingerprint density at radius 1 is 1.20 bits per heavy atom. The quantitative estimate of drug-likeness (QED) is 0.759. The van der Waals surface area contributed by atoms with Crippen LogP contribution in [-0.2, 0) is 15.6 Å². The maximum Gasteiger partial charge on any atom is 0.208 e. The zero-order valence-electron chi connectivity index (χ0n) is 11.7. The lowest BCUT2D eigenvalue weighted by molar-refractivity contribution is 0.186. The number of rotatable bonds is 7. The molecule has 1 aliphatic rings. The largest absolute Gasteiger partial charge is 0.307 e. The highest BCUT2D eigenvalue weighted by atomic mass is 35.5. The van der Waals surface area contributed by atoms with E-state index in [0.29, 0.717) is 6.54 Å². The molecule has 20 heavy (non-hydrogen) atoms. The molecule has 2 N–H and O–H groups in total. The molecule has 0 bridgehead atoms. The molecule has 0 unspecified atom stereocenters. The highest BCUT2D eigenvalue weighted by Gasteiger charge is 2.37. The van der Waals surface area contributed by atoms with Gasteiger partial charge in [-0.15, -0.1) is 0 Å². The van der Waals surface area contributed by atoms with E-state index >= 15 is 0 Å². The van der Waals surface area contributed by atoms with Gasteiger partial charge in [-0.25, -0.2) is 13.1 Å². The zero-order chi connectivity index (χ0) is 14.6. The molecule has 0 atom stereocenters. The summed E-state index contributed by atoms with van der Waals surface area (Å²) in [4.78, 5) is 0. The Morgan fingerprint density at radius 2 is 1.85 bits per heavy atom. The molecule has 1 aliphatic carbocycles. The van der Waals surface area contributed by atoms with E-state index in [2.05, 4.69) is 22.2 Å². The van der Waals surface area contributed by atoms with Gasteiger partial charge in [0.15, 0.2) is 0 Å². The van der Waals surface area contributed by atoms with Crippen LogP contribution in [0.25, 0.3) is 0 Å². The van der Waals surface area contributed by atoms with Crippen molar-refractivity contribution in [1.82, 2.24) is 10.0 Å². The van der Waals surface area contributed by atoms with Gasteiger partial charge < -0.3 is 5.32 Å². The molecule has 1 fully saturated rings. The Kier molecular flexibility index (Phi) is 5.07. The van der Waals surface area contributed by atoms with Gasteiger partial charge in [0.05, 0.1) is 6.26 Å². The number of nitrogens with one attached hydrogen (secondary N) is 2. The Labute approximate surface area is 126 Å². The zero-order valence-corrected chi connectivity index (χ0v) is 13.2. The fourth-order valence-corrected chi connectivity index (χ4v) is 3.18. The monoisotopic (exact) mass is 316 g/mol. The first-order chi connectivity index (χ1) is 9.41. The van der Waals surface area contributed by atoms with Crippen molar-refractivity contribution >= 4 is 21.6 Å². The van der Waals surface area contributed by atoms with Crippen LogP contribution in [0.4, 0.5) is 0 Å². The van der Waals surface area contributed by atoms with Crippen molar-refractivity contribution in [2.75, 3.05) is 19.3 Å². The van der Waals surface area contributed by atoms with Crippen LogP contribution in [0.3, 0.4) is 0 Å². The summed E-state index contributed by atoms with van der Waals surface area (Å²) in [7, 11) is -3.08. The molecule has 0 aromatic heterocycles. The Balaban J connectivity index is 1.84. The molecule has 0 spiro atoms. The molecule has 1 aromatic rings. The SMILES string of the molecule is CS(=O)(=O)NCCCNC1(c2ccc(Cl)cc2)CCC1. The molecule has 1 aromatic carbocycles. The third-order valence-corrected chi connectivity index (χ3v) is 4.77. The highest BCUT2D eigenvalue weighted by molar-refractivity contribution is 7.88. The molecule has 4 nitrogen and oxygen atoms in total. The predicted molar refractivity (Wildman–Crippen MR) is 82.4 cm³/mol. The summed E-state index contributed by atoms with van der Waals surface area (Å²) in [6.45, 7) is 1.27. The Morgan fingerprint density at radius 3 is 2.35 bits per heavy atom. The van der Waals surface area contributed by atoms with E-state index < -0.39 is 10.0 Å². The minimum Gasteiger partial charge on any atom is -0.307 e. The second-order valence-corrected chi connectivity index (χ2v) is 7.66. The number of halogens is 1. The van der Waals surface area contributed by atoms with E-state index in [4.69, 9.17) is 11.6 Å². The topological polar surface area (TPSA) is 58.2 Å². The summed E-state index contributed by atoms with van der Waals surface area (Å²) in [5.41, 5.74) is 1.32. The molecule has 0 heterocycles. The van der Waals surface area contributed by atoms with Crippen LogP contribution in [0.1, 0.15) is 31.2 Å². The van der Waals surface area contributed by atoms with Crippen molar-refractivity contribution in [3.8, 4) is 0 Å². The van der Waals surface area contributed by atoms with E-state index in [1.807, 2.05) is 12.1 Å².